The molecule has 1 atom stereocenters. The van der Waals surface area contributed by atoms with Gasteiger partial charge in [0.15, 0.2) is 0 Å². The van der Waals surface area contributed by atoms with Crippen molar-refractivity contribution >= 4 is 15.9 Å². The lowest BCUT2D eigenvalue weighted by atomic mass is 10.2. The summed E-state index contributed by atoms with van der Waals surface area (Å²) in [5.74, 6) is -1.33. The average Bonchev–Trinajstić information content (AvgIpc) is 2.78. The van der Waals surface area contributed by atoms with E-state index in [4.69, 9.17) is 4.74 Å². The molecule has 0 radical (unpaired) electrons. The maximum absolute atomic E-state index is 14.0. The van der Waals surface area contributed by atoms with Crippen LogP contribution >= 0.6 is 0 Å². The van der Waals surface area contributed by atoms with Crippen molar-refractivity contribution in [3.8, 4) is 5.75 Å². The Labute approximate surface area is 180 Å². The third-order valence-electron chi connectivity index (χ3n) is 5.36. The van der Waals surface area contributed by atoms with Crippen LogP contribution in [0.15, 0.2) is 47.4 Å². The summed E-state index contributed by atoms with van der Waals surface area (Å²) in [4.78, 5) is 13.8. The fourth-order valence-corrected chi connectivity index (χ4v) is 4.99. The number of methoxy groups -OCH3 is 1. The monoisotopic (exact) mass is 453 g/mol. The van der Waals surface area contributed by atoms with Crippen molar-refractivity contribution in [1.82, 2.24) is 14.5 Å². The first kappa shape index (κ1) is 23.1. The topological polar surface area (TPSA) is 79.0 Å². The van der Waals surface area contributed by atoms with Crippen LogP contribution in [0.4, 0.5) is 8.78 Å². The van der Waals surface area contributed by atoms with Gasteiger partial charge in [0.25, 0.3) is 0 Å². The second-order valence-electron chi connectivity index (χ2n) is 7.22. The number of halogens is 2. The van der Waals surface area contributed by atoms with E-state index in [2.05, 4.69) is 5.32 Å². The molecule has 0 saturated carbocycles. The minimum Gasteiger partial charge on any atom is -0.496 e. The lowest BCUT2D eigenvalue weighted by molar-refractivity contribution is -0.126. The maximum Gasteiger partial charge on any atom is 0.246 e. The largest absolute Gasteiger partial charge is 0.496 e. The zero-order valence-electron chi connectivity index (χ0n) is 17.3. The Balaban J connectivity index is 1.58. The smallest absolute Gasteiger partial charge is 0.246 e. The standard InChI is InChI=1S/C21H25F2N3O4S/c1-15(21(27)24-14-16-5-3-4-6-19(16)30-2)25-9-11-26(12-10-25)31(28,29)20-13-17(22)7-8-18(20)23/h3-8,13,15H,9-12,14H2,1-2H3,(H,24,27). The normalized spacial score (nSPS) is 16.6. The van der Waals surface area contributed by atoms with Gasteiger partial charge in [-0.25, -0.2) is 17.2 Å². The average molecular weight is 454 g/mol. The van der Waals surface area contributed by atoms with Crippen molar-refractivity contribution < 1.29 is 26.7 Å². The third kappa shape index (κ3) is 5.20. The Bertz CT molecular complexity index is 1040. The van der Waals surface area contributed by atoms with Crippen LogP contribution in [0.2, 0.25) is 0 Å². The van der Waals surface area contributed by atoms with Gasteiger partial charge < -0.3 is 10.1 Å². The zero-order chi connectivity index (χ0) is 22.6. The first-order valence-electron chi connectivity index (χ1n) is 9.83. The van der Waals surface area contributed by atoms with E-state index in [1.807, 2.05) is 29.2 Å². The van der Waals surface area contributed by atoms with Gasteiger partial charge >= 0.3 is 0 Å². The molecule has 1 aliphatic rings. The van der Waals surface area contributed by atoms with E-state index in [1.165, 1.54) is 0 Å². The molecule has 1 fully saturated rings. The summed E-state index contributed by atoms with van der Waals surface area (Å²) in [5.41, 5.74) is 0.846. The quantitative estimate of drug-likeness (QED) is 0.694. The first-order valence-corrected chi connectivity index (χ1v) is 11.3. The Morgan fingerprint density at radius 3 is 2.48 bits per heavy atom. The Morgan fingerprint density at radius 2 is 1.81 bits per heavy atom. The Morgan fingerprint density at radius 1 is 1.13 bits per heavy atom. The predicted molar refractivity (Wildman–Crippen MR) is 111 cm³/mol. The van der Waals surface area contributed by atoms with Crippen molar-refractivity contribution in [3.63, 3.8) is 0 Å². The molecule has 168 valence electrons. The first-order chi connectivity index (χ1) is 14.7. The van der Waals surface area contributed by atoms with Crippen LogP contribution in [-0.4, -0.2) is 62.9 Å². The van der Waals surface area contributed by atoms with E-state index in [0.717, 1.165) is 22.0 Å². The van der Waals surface area contributed by atoms with E-state index >= 15 is 0 Å². The lowest BCUT2D eigenvalue weighted by Crippen LogP contribution is -2.54. The summed E-state index contributed by atoms with van der Waals surface area (Å²) in [7, 11) is -2.60. The lowest BCUT2D eigenvalue weighted by Gasteiger charge is -2.36. The van der Waals surface area contributed by atoms with Crippen LogP contribution in [0, 0.1) is 11.6 Å². The van der Waals surface area contributed by atoms with Gasteiger partial charge in [-0.2, -0.15) is 4.31 Å². The molecule has 2 aromatic rings. The number of ether oxygens (including phenoxy) is 1. The van der Waals surface area contributed by atoms with E-state index in [1.54, 1.807) is 14.0 Å². The number of carbonyl (C=O) groups is 1. The highest BCUT2D eigenvalue weighted by atomic mass is 32.2. The number of nitrogens with zero attached hydrogens (tertiary/aromatic N) is 2. The van der Waals surface area contributed by atoms with Gasteiger partial charge in [0, 0.05) is 38.3 Å². The van der Waals surface area contributed by atoms with Gasteiger partial charge in [0.2, 0.25) is 15.9 Å². The Hall–Kier alpha value is -2.56. The van der Waals surface area contributed by atoms with Crippen molar-refractivity contribution in [3.05, 3.63) is 59.7 Å². The molecule has 0 bridgehead atoms. The number of nitrogens with one attached hydrogen (secondary N) is 1. The van der Waals surface area contributed by atoms with Gasteiger partial charge in [-0.05, 0) is 31.2 Å². The molecule has 1 aliphatic heterocycles. The highest BCUT2D eigenvalue weighted by Crippen LogP contribution is 2.22. The van der Waals surface area contributed by atoms with Crippen LogP contribution in [0.25, 0.3) is 0 Å². The fraction of sp³-hybridized carbons (Fsp3) is 0.381. The van der Waals surface area contributed by atoms with Gasteiger partial charge in [0.1, 0.15) is 22.3 Å². The third-order valence-corrected chi connectivity index (χ3v) is 7.27. The number of benzene rings is 2. The molecule has 31 heavy (non-hydrogen) atoms. The predicted octanol–water partition coefficient (Wildman–Crippen LogP) is 1.98. The molecule has 1 N–H and O–H groups in total. The zero-order valence-corrected chi connectivity index (χ0v) is 18.2. The summed E-state index contributed by atoms with van der Waals surface area (Å²) in [6, 6.07) is 9.25. The van der Waals surface area contributed by atoms with Crippen LogP contribution in [0.5, 0.6) is 5.75 Å². The molecule has 0 aromatic heterocycles. The second-order valence-corrected chi connectivity index (χ2v) is 9.13. The van der Waals surface area contributed by atoms with E-state index in [-0.39, 0.29) is 19.0 Å². The van der Waals surface area contributed by atoms with E-state index in [9.17, 15) is 22.0 Å². The molecule has 1 unspecified atom stereocenters. The summed E-state index contributed by atoms with van der Waals surface area (Å²) < 4.78 is 59.2. The van der Waals surface area contributed by atoms with Crippen molar-refractivity contribution in [2.75, 3.05) is 33.3 Å². The summed E-state index contributed by atoms with van der Waals surface area (Å²) in [6.45, 7) is 2.78. The van der Waals surface area contributed by atoms with Gasteiger partial charge in [0.05, 0.1) is 13.2 Å². The molecule has 2 aromatic carbocycles. The number of para-hydroxylation sites is 1. The number of rotatable bonds is 7. The SMILES string of the molecule is COc1ccccc1CNC(=O)C(C)N1CCN(S(=O)(=O)c2cc(F)ccc2F)CC1. The second kappa shape index (κ2) is 9.71. The molecule has 1 heterocycles. The van der Waals surface area contributed by atoms with Crippen LogP contribution in [0.3, 0.4) is 0 Å². The number of piperazine rings is 1. The molecule has 3 rings (SSSR count). The number of carbonyl (C=O) groups excluding carboxylic acids is 1. The van der Waals surface area contributed by atoms with Crippen molar-refractivity contribution in [2.45, 2.75) is 24.4 Å². The van der Waals surface area contributed by atoms with Crippen LogP contribution in [-0.2, 0) is 21.4 Å². The maximum atomic E-state index is 14.0. The van der Waals surface area contributed by atoms with E-state index in [0.29, 0.717) is 31.5 Å². The minimum absolute atomic E-state index is 0.0718. The highest BCUT2D eigenvalue weighted by molar-refractivity contribution is 7.89. The molecule has 10 heteroatoms. The fourth-order valence-electron chi connectivity index (χ4n) is 3.49. The van der Waals surface area contributed by atoms with Crippen molar-refractivity contribution in [1.29, 1.82) is 0 Å². The van der Waals surface area contributed by atoms with Crippen LogP contribution < -0.4 is 10.1 Å². The molecule has 7 nitrogen and oxygen atoms in total. The molecular weight excluding hydrogens is 428 g/mol. The van der Waals surface area contributed by atoms with Crippen molar-refractivity contribution in [2.24, 2.45) is 0 Å². The number of amides is 1. The Kier molecular flexibility index (Phi) is 7.24. The van der Waals surface area contributed by atoms with Gasteiger partial charge in [-0.1, -0.05) is 18.2 Å². The van der Waals surface area contributed by atoms with Gasteiger partial charge in [-0.15, -0.1) is 0 Å². The molecule has 0 spiro atoms. The number of hydrogen-bond donors (Lipinski definition) is 1. The highest BCUT2D eigenvalue weighted by Gasteiger charge is 2.33. The van der Waals surface area contributed by atoms with Crippen LogP contribution in [0.1, 0.15) is 12.5 Å². The summed E-state index contributed by atoms with van der Waals surface area (Å²) in [5, 5.41) is 2.87. The summed E-state index contributed by atoms with van der Waals surface area (Å²) >= 11 is 0. The van der Waals surface area contributed by atoms with Gasteiger partial charge in [-0.3, -0.25) is 9.69 Å². The molecule has 0 aliphatic carbocycles. The molecule has 1 saturated heterocycles. The summed E-state index contributed by atoms with van der Waals surface area (Å²) in [6.07, 6.45) is 0. The molecule has 1 amide bonds. The van der Waals surface area contributed by atoms with E-state index < -0.39 is 32.6 Å². The minimum atomic E-state index is -4.16. The molecular formula is C21H25F2N3O4S. The number of sulfonamides is 1. The number of hydrogen-bond acceptors (Lipinski definition) is 5.